The summed E-state index contributed by atoms with van der Waals surface area (Å²) in [6, 6.07) is 8.92. The van der Waals surface area contributed by atoms with Crippen LogP contribution in [0.4, 0.5) is 18.9 Å². The van der Waals surface area contributed by atoms with Gasteiger partial charge in [0.25, 0.3) is 0 Å². The molecule has 3 nitrogen and oxygen atoms in total. The average molecular weight is 341 g/mol. The summed E-state index contributed by atoms with van der Waals surface area (Å²) in [5.74, 6) is 0. The molecule has 6 heteroatoms. The molecule has 0 aliphatic carbocycles. The fraction of sp³-hybridized carbons (Fsp3) is 0.667. The normalized spacial score (nSPS) is 19.7. The van der Waals surface area contributed by atoms with Crippen LogP contribution in [0.25, 0.3) is 0 Å². The lowest BCUT2D eigenvalue weighted by atomic mass is 10.0. The van der Waals surface area contributed by atoms with Gasteiger partial charge in [0.05, 0.1) is 6.54 Å². The van der Waals surface area contributed by atoms with Crippen LogP contribution in [0.15, 0.2) is 24.3 Å². The molecule has 2 heterocycles. The molecule has 0 saturated carbocycles. The van der Waals surface area contributed by atoms with Crippen LogP contribution in [0.2, 0.25) is 0 Å². The predicted octanol–water partition coefficient (Wildman–Crippen LogP) is 3.06. The van der Waals surface area contributed by atoms with E-state index in [1.54, 1.807) is 0 Å². The monoisotopic (exact) mass is 341 g/mol. The molecule has 134 valence electrons. The molecule has 24 heavy (non-hydrogen) atoms. The number of fused-ring (bicyclic) bond motifs is 1. The summed E-state index contributed by atoms with van der Waals surface area (Å²) in [6.07, 6.45) is -0.268. The zero-order valence-corrected chi connectivity index (χ0v) is 14.0. The van der Waals surface area contributed by atoms with Crippen LogP contribution >= 0.6 is 0 Å². The molecule has 2 aliphatic heterocycles. The number of hydrogen-bond donors (Lipinski definition) is 1. The first-order chi connectivity index (χ1) is 11.5. The van der Waals surface area contributed by atoms with Crippen molar-refractivity contribution in [2.45, 2.75) is 37.9 Å². The Morgan fingerprint density at radius 1 is 1.08 bits per heavy atom. The van der Waals surface area contributed by atoms with Crippen molar-refractivity contribution in [3.63, 3.8) is 0 Å². The van der Waals surface area contributed by atoms with E-state index in [-0.39, 0.29) is 0 Å². The highest BCUT2D eigenvalue weighted by molar-refractivity contribution is 5.57. The molecule has 0 amide bonds. The van der Waals surface area contributed by atoms with Gasteiger partial charge in [0.2, 0.25) is 0 Å². The van der Waals surface area contributed by atoms with Crippen LogP contribution in [0.5, 0.6) is 0 Å². The van der Waals surface area contributed by atoms with E-state index in [0.717, 1.165) is 45.3 Å². The second-order valence-corrected chi connectivity index (χ2v) is 6.84. The zero-order valence-electron chi connectivity index (χ0n) is 14.0. The number of piperidine rings is 1. The number of likely N-dealkylation sites (tertiary alicyclic amines) is 1. The van der Waals surface area contributed by atoms with Gasteiger partial charge in [-0.15, -0.1) is 0 Å². The molecule has 1 aromatic carbocycles. The lowest BCUT2D eigenvalue weighted by Crippen LogP contribution is -2.46. The molecule has 1 N–H and O–H groups in total. The fourth-order valence-corrected chi connectivity index (χ4v) is 3.76. The van der Waals surface area contributed by atoms with Gasteiger partial charge in [-0.1, -0.05) is 18.2 Å². The van der Waals surface area contributed by atoms with E-state index in [1.165, 1.54) is 16.2 Å². The Morgan fingerprint density at radius 2 is 1.83 bits per heavy atom. The molecule has 0 atom stereocenters. The van der Waals surface area contributed by atoms with Crippen LogP contribution in [0.1, 0.15) is 24.8 Å². The predicted molar refractivity (Wildman–Crippen MR) is 90.5 cm³/mol. The summed E-state index contributed by atoms with van der Waals surface area (Å²) in [5, 5.41) is 3.52. The van der Waals surface area contributed by atoms with Crippen LogP contribution in [0.3, 0.4) is 0 Å². The smallest absolute Gasteiger partial charge is 0.371 e. The number of halogens is 3. The Kier molecular flexibility index (Phi) is 5.66. The molecule has 2 aliphatic rings. The van der Waals surface area contributed by atoms with E-state index in [9.17, 15) is 13.2 Å². The number of para-hydroxylation sites is 1. The highest BCUT2D eigenvalue weighted by Gasteiger charge is 2.32. The van der Waals surface area contributed by atoms with Crippen LogP contribution < -0.4 is 10.2 Å². The number of benzene rings is 1. The standard InChI is InChI=1S/C18H26F3N3/c19-18(20,21)14-23-11-7-16(8-12-23)22-9-3-10-24-13-6-15-4-1-2-5-17(15)24/h1-2,4-5,16,22H,3,6-14H2. The molecule has 1 aromatic rings. The largest absolute Gasteiger partial charge is 0.401 e. The summed E-state index contributed by atoms with van der Waals surface area (Å²) >= 11 is 0. The van der Waals surface area contributed by atoms with Crippen LogP contribution in [-0.4, -0.2) is 56.4 Å². The highest BCUT2D eigenvalue weighted by atomic mass is 19.4. The Hall–Kier alpha value is -1.27. The Bertz CT molecular complexity index is 524. The van der Waals surface area contributed by atoms with Crippen molar-refractivity contribution in [2.24, 2.45) is 0 Å². The van der Waals surface area contributed by atoms with Gasteiger partial charge in [-0.05, 0) is 56.9 Å². The molecule has 3 rings (SSSR count). The van der Waals surface area contributed by atoms with Gasteiger partial charge in [-0.2, -0.15) is 13.2 Å². The lowest BCUT2D eigenvalue weighted by molar-refractivity contribution is -0.148. The maximum Gasteiger partial charge on any atom is 0.401 e. The number of nitrogens with one attached hydrogen (secondary N) is 1. The van der Waals surface area contributed by atoms with Crippen LogP contribution in [-0.2, 0) is 6.42 Å². The van der Waals surface area contributed by atoms with Gasteiger partial charge in [0.1, 0.15) is 0 Å². The van der Waals surface area contributed by atoms with Gasteiger partial charge in [-0.25, -0.2) is 0 Å². The molecule has 0 aromatic heterocycles. The molecular formula is C18H26F3N3. The van der Waals surface area contributed by atoms with Crippen molar-refractivity contribution in [3.8, 4) is 0 Å². The maximum atomic E-state index is 12.4. The topological polar surface area (TPSA) is 18.5 Å². The summed E-state index contributed by atoms with van der Waals surface area (Å²) in [7, 11) is 0. The first-order valence-electron chi connectivity index (χ1n) is 8.86. The Balaban J connectivity index is 1.31. The number of hydrogen-bond acceptors (Lipinski definition) is 3. The zero-order chi connectivity index (χ0) is 17.0. The van der Waals surface area contributed by atoms with E-state index in [1.807, 2.05) is 0 Å². The lowest BCUT2D eigenvalue weighted by Gasteiger charge is -2.33. The quantitative estimate of drug-likeness (QED) is 0.803. The summed E-state index contributed by atoms with van der Waals surface area (Å²) in [6.45, 7) is 3.37. The Labute approximate surface area is 141 Å². The van der Waals surface area contributed by atoms with Crippen molar-refractivity contribution < 1.29 is 13.2 Å². The third-order valence-electron chi connectivity index (χ3n) is 5.01. The third-order valence-corrected chi connectivity index (χ3v) is 5.01. The van der Waals surface area contributed by atoms with E-state index in [0.29, 0.717) is 19.1 Å². The molecule has 0 unspecified atom stereocenters. The molecule has 0 radical (unpaired) electrons. The molecule has 1 fully saturated rings. The summed E-state index contributed by atoms with van der Waals surface area (Å²) in [5.41, 5.74) is 2.79. The van der Waals surface area contributed by atoms with Gasteiger partial charge in [0, 0.05) is 24.8 Å². The maximum absolute atomic E-state index is 12.4. The number of anilines is 1. The highest BCUT2D eigenvalue weighted by Crippen LogP contribution is 2.27. The Morgan fingerprint density at radius 3 is 2.58 bits per heavy atom. The van der Waals surface area contributed by atoms with Crippen molar-refractivity contribution in [1.82, 2.24) is 10.2 Å². The second-order valence-electron chi connectivity index (χ2n) is 6.84. The number of nitrogens with zero attached hydrogens (tertiary/aromatic N) is 2. The molecular weight excluding hydrogens is 315 g/mol. The molecule has 0 bridgehead atoms. The SMILES string of the molecule is FC(F)(F)CN1CCC(NCCCN2CCc3ccccc32)CC1. The summed E-state index contributed by atoms with van der Waals surface area (Å²) < 4.78 is 37.1. The van der Waals surface area contributed by atoms with E-state index < -0.39 is 12.7 Å². The fourth-order valence-electron chi connectivity index (χ4n) is 3.76. The first kappa shape index (κ1) is 17.5. The minimum absolute atomic E-state index is 0.361. The van der Waals surface area contributed by atoms with Crippen LogP contribution in [0, 0.1) is 0 Å². The molecule has 0 spiro atoms. The second kappa shape index (κ2) is 7.74. The average Bonchev–Trinajstić information content (AvgIpc) is 2.95. The molecule has 1 saturated heterocycles. The minimum atomic E-state index is -4.08. The van der Waals surface area contributed by atoms with Gasteiger partial charge >= 0.3 is 6.18 Å². The first-order valence-corrected chi connectivity index (χ1v) is 8.86. The van der Waals surface area contributed by atoms with Gasteiger partial charge in [0.15, 0.2) is 0 Å². The van der Waals surface area contributed by atoms with Crippen molar-refractivity contribution >= 4 is 5.69 Å². The van der Waals surface area contributed by atoms with Crippen molar-refractivity contribution in [3.05, 3.63) is 29.8 Å². The van der Waals surface area contributed by atoms with E-state index in [4.69, 9.17) is 0 Å². The number of rotatable bonds is 6. The van der Waals surface area contributed by atoms with Crippen molar-refractivity contribution in [1.29, 1.82) is 0 Å². The van der Waals surface area contributed by atoms with Gasteiger partial charge < -0.3 is 10.2 Å². The minimum Gasteiger partial charge on any atom is -0.371 e. The summed E-state index contributed by atoms with van der Waals surface area (Å²) in [4.78, 5) is 3.95. The third kappa shape index (κ3) is 4.86. The van der Waals surface area contributed by atoms with Crippen molar-refractivity contribution in [2.75, 3.05) is 44.2 Å². The van der Waals surface area contributed by atoms with E-state index >= 15 is 0 Å². The van der Waals surface area contributed by atoms with E-state index in [2.05, 4.69) is 34.5 Å². The number of alkyl halides is 3. The van der Waals surface area contributed by atoms with Gasteiger partial charge in [-0.3, -0.25) is 4.90 Å².